The molecule has 3 atom stereocenters. The Bertz CT molecular complexity index is 466. The van der Waals surface area contributed by atoms with Crippen LogP contribution in [0.4, 0.5) is 5.69 Å². The molecule has 0 unspecified atom stereocenters. The second-order valence-electron chi connectivity index (χ2n) is 4.68. The molecule has 2 bridgehead atoms. The molecule has 0 aromatic heterocycles. The van der Waals surface area contributed by atoms with E-state index in [1.165, 1.54) is 5.56 Å². The van der Waals surface area contributed by atoms with Crippen LogP contribution in [0.15, 0.2) is 24.3 Å². The highest BCUT2D eigenvalue weighted by atomic mass is 16.5. The van der Waals surface area contributed by atoms with Gasteiger partial charge in [-0.1, -0.05) is 18.2 Å². The number of anilines is 1. The van der Waals surface area contributed by atoms with Crippen LogP contribution in [-0.2, 0) is 15.1 Å². The van der Waals surface area contributed by atoms with E-state index in [1.807, 2.05) is 18.2 Å². The fraction of sp³-hybridized carbons (Fsp3) is 0.417. The first-order valence-electron chi connectivity index (χ1n) is 5.36. The molecule has 4 aliphatic rings. The van der Waals surface area contributed by atoms with E-state index in [-0.39, 0.29) is 17.4 Å². The average Bonchev–Trinajstić information content (AvgIpc) is 2.76. The molecule has 1 saturated carbocycles. The summed E-state index contributed by atoms with van der Waals surface area (Å²) in [6.07, 6.45) is 1.02. The van der Waals surface area contributed by atoms with E-state index in [4.69, 9.17) is 4.74 Å². The third kappa shape index (κ3) is 0.720. The van der Waals surface area contributed by atoms with Crippen LogP contribution in [0.5, 0.6) is 0 Å². The maximum absolute atomic E-state index is 11.9. The maximum atomic E-state index is 11.9. The van der Waals surface area contributed by atoms with Gasteiger partial charge in [-0.25, -0.2) is 0 Å². The lowest BCUT2D eigenvalue weighted by Gasteiger charge is -2.47. The maximum Gasteiger partial charge on any atom is 0.231 e. The lowest BCUT2D eigenvalue weighted by Crippen LogP contribution is -2.54. The van der Waals surface area contributed by atoms with E-state index >= 15 is 0 Å². The molecule has 1 spiro atoms. The summed E-state index contributed by atoms with van der Waals surface area (Å²) in [6.45, 7) is 0.742. The first-order chi connectivity index (χ1) is 7.31. The smallest absolute Gasteiger partial charge is 0.231 e. The minimum Gasteiger partial charge on any atom is -0.369 e. The number of para-hydroxylation sites is 1. The van der Waals surface area contributed by atoms with Crippen molar-refractivity contribution in [3.63, 3.8) is 0 Å². The van der Waals surface area contributed by atoms with Gasteiger partial charge in [0.15, 0.2) is 0 Å². The number of amides is 1. The number of nitrogens with one attached hydrogen (secondary N) is 1. The van der Waals surface area contributed by atoms with Crippen molar-refractivity contribution in [2.45, 2.75) is 12.0 Å². The van der Waals surface area contributed by atoms with Crippen molar-refractivity contribution in [3.8, 4) is 0 Å². The Kier molecular flexibility index (Phi) is 1.18. The molecule has 3 aliphatic heterocycles. The van der Waals surface area contributed by atoms with Crippen molar-refractivity contribution >= 4 is 11.6 Å². The Morgan fingerprint density at radius 3 is 3.13 bits per heavy atom. The van der Waals surface area contributed by atoms with Crippen molar-refractivity contribution < 1.29 is 9.53 Å². The molecular weight excluding hydrogens is 190 g/mol. The second-order valence-corrected chi connectivity index (χ2v) is 4.68. The normalized spacial score (nSPS) is 40.1. The van der Waals surface area contributed by atoms with Gasteiger partial charge in [0.1, 0.15) is 5.60 Å². The molecule has 3 nitrogen and oxygen atoms in total. The summed E-state index contributed by atoms with van der Waals surface area (Å²) in [5.41, 5.74) is 1.83. The molecule has 1 amide bonds. The number of ether oxygens (including phenoxy) is 1. The molecule has 3 heterocycles. The first kappa shape index (κ1) is 7.88. The van der Waals surface area contributed by atoms with Crippen molar-refractivity contribution in [3.05, 3.63) is 29.8 Å². The van der Waals surface area contributed by atoms with E-state index < -0.39 is 0 Å². The highest BCUT2D eigenvalue weighted by Gasteiger charge is 2.66. The van der Waals surface area contributed by atoms with E-state index in [0.717, 1.165) is 18.7 Å². The number of fused-ring (bicyclic) bond motifs is 2. The van der Waals surface area contributed by atoms with Crippen LogP contribution in [0, 0.1) is 11.8 Å². The van der Waals surface area contributed by atoms with Gasteiger partial charge >= 0.3 is 0 Å². The molecule has 1 aromatic carbocycles. The van der Waals surface area contributed by atoms with Gasteiger partial charge in [0, 0.05) is 17.2 Å². The Morgan fingerprint density at radius 2 is 2.27 bits per heavy atom. The molecule has 15 heavy (non-hydrogen) atoms. The molecule has 3 heteroatoms. The quantitative estimate of drug-likeness (QED) is 0.690. The van der Waals surface area contributed by atoms with Gasteiger partial charge in [-0.2, -0.15) is 0 Å². The van der Waals surface area contributed by atoms with Gasteiger partial charge in [0.05, 0.1) is 12.5 Å². The van der Waals surface area contributed by atoms with Crippen LogP contribution < -0.4 is 5.32 Å². The van der Waals surface area contributed by atoms with Crippen molar-refractivity contribution in [2.24, 2.45) is 11.8 Å². The van der Waals surface area contributed by atoms with E-state index in [2.05, 4.69) is 11.4 Å². The van der Waals surface area contributed by atoms with Gasteiger partial charge in [-0.15, -0.1) is 0 Å². The molecule has 2 saturated heterocycles. The van der Waals surface area contributed by atoms with E-state index in [0.29, 0.717) is 5.92 Å². The Hall–Kier alpha value is -1.35. The Labute approximate surface area is 87.4 Å². The molecule has 5 rings (SSSR count). The van der Waals surface area contributed by atoms with E-state index in [9.17, 15) is 4.79 Å². The summed E-state index contributed by atoms with van der Waals surface area (Å²) >= 11 is 0. The summed E-state index contributed by atoms with van der Waals surface area (Å²) in [5, 5.41) is 2.97. The van der Waals surface area contributed by atoms with Crippen LogP contribution in [0.25, 0.3) is 0 Å². The minimum absolute atomic E-state index is 0.0624. The first-order valence-corrected chi connectivity index (χ1v) is 5.36. The monoisotopic (exact) mass is 201 g/mol. The molecule has 1 N–H and O–H groups in total. The van der Waals surface area contributed by atoms with Gasteiger partial charge in [0.25, 0.3) is 0 Å². The number of hydrogen-bond donors (Lipinski definition) is 1. The van der Waals surface area contributed by atoms with Crippen molar-refractivity contribution in [2.75, 3.05) is 11.9 Å². The highest BCUT2D eigenvalue weighted by Crippen LogP contribution is 2.62. The van der Waals surface area contributed by atoms with Gasteiger partial charge in [-0.05, 0) is 12.5 Å². The molecule has 1 aromatic rings. The van der Waals surface area contributed by atoms with Gasteiger partial charge < -0.3 is 10.1 Å². The summed E-state index contributed by atoms with van der Waals surface area (Å²) < 4.78 is 5.85. The third-order valence-electron chi connectivity index (χ3n) is 4.02. The predicted octanol–water partition coefficient (Wildman–Crippen LogP) is 1.50. The molecule has 3 fully saturated rings. The van der Waals surface area contributed by atoms with Crippen molar-refractivity contribution in [1.29, 1.82) is 0 Å². The Morgan fingerprint density at radius 1 is 1.40 bits per heavy atom. The zero-order chi connectivity index (χ0) is 10.0. The lowest BCUT2D eigenvalue weighted by atomic mass is 9.59. The zero-order valence-electron chi connectivity index (χ0n) is 8.19. The van der Waals surface area contributed by atoms with E-state index in [1.54, 1.807) is 0 Å². The van der Waals surface area contributed by atoms with Crippen LogP contribution >= 0.6 is 0 Å². The molecule has 1 aliphatic carbocycles. The van der Waals surface area contributed by atoms with Crippen LogP contribution in [0.3, 0.4) is 0 Å². The average molecular weight is 201 g/mol. The summed E-state index contributed by atoms with van der Waals surface area (Å²) in [7, 11) is 0. The number of carbonyl (C=O) groups excluding carboxylic acids is 1. The zero-order valence-corrected chi connectivity index (χ0v) is 8.19. The standard InChI is InChI=1S/C12H11NO2/c14-11-10-7-5-12(10,15-6-7)8-3-1-2-4-9(8)13-11/h1-4,7,10H,5-6H2,(H,13,14)/t7-,10+,12+/m1/s1. The largest absolute Gasteiger partial charge is 0.369 e. The fourth-order valence-electron chi connectivity index (χ4n) is 3.37. The lowest BCUT2D eigenvalue weighted by molar-refractivity contribution is -0.138. The number of benzene rings is 1. The summed E-state index contributed by atoms with van der Waals surface area (Å²) in [4.78, 5) is 11.9. The molecule has 0 radical (unpaired) electrons. The van der Waals surface area contributed by atoms with Crippen LogP contribution in [0.1, 0.15) is 12.0 Å². The highest BCUT2D eigenvalue weighted by molar-refractivity contribution is 5.98. The molecular formula is C12H11NO2. The summed E-state index contributed by atoms with van der Waals surface area (Å²) in [6, 6.07) is 7.98. The summed E-state index contributed by atoms with van der Waals surface area (Å²) in [5.74, 6) is 0.646. The third-order valence-corrected chi connectivity index (χ3v) is 4.02. The predicted molar refractivity (Wildman–Crippen MR) is 54.3 cm³/mol. The van der Waals surface area contributed by atoms with Crippen molar-refractivity contribution in [1.82, 2.24) is 0 Å². The topological polar surface area (TPSA) is 38.3 Å². The molecule has 76 valence electrons. The van der Waals surface area contributed by atoms with Crippen LogP contribution in [0.2, 0.25) is 0 Å². The number of hydrogen-bond acceptors (Lipinski definition) is 2. The Balaban J connectivity index is 1.97. The van der Waals surface area contributed by atoms with Gasteiger partial charge in [-0.3, -0.25) is 4.79 Å². The minimum atomic E-state index is -0.274. The number of rotatable bonds is 0. The second kappa shape index (κ2) is 2.25. The van der Waals surface area contributed by atoms with Crippen LogP contribution in [-0.4, -0.2) is 12.5 Å². The fourth-order valence-corrected chi connectivity index (χ4v) is 3.37. The number of carbonyl (C=O) groups is 1. The SMILES string of the molecule is O=C1Nc2ccccc2[C@]23C[C@H](CO2)[C@@H]13. The van der Waals surface area contributed by atoms with Gasteiger partial charge in [0.2, 0.25) is 5.91 Å².